The summed E-state index contributed by atoms with van der Waals surface area (Å²) in [5.41, 5.74) is 0.811. The minimum atomic E-state index is -0.456. The molecule has 0 aliphatic carbocycles. The van der Waals surface area contributed by atoms with E-state index in [0.29, 0.717) is 23.0 Å². The first-order valence-electron chi connectivity index (χ1n) is 4.96. The van der Waals surface area contributed by atoms with Crippen molar-refractivity contribution >= 4 is 23.2 Å². The first-order chi connectivity index (χ1) is 7.15. The molecule has 1 aromatic rings. The fourth-order valence-corrected chi connectivity index (χ4v) is 1.90. The highest BCUT2D eigenvalue weighted by Gasteiger charge is 2.10. The summed E-state index contributed by atoms with van der Waals surface area (Å²) in [6, 6.07) is 5.36. The zero-order valence-electron chi connectivity index (χ0n) is 8.63. The number of hydrogen-bond acceptors (Lipinski definition) is 2. The maximum absolute atomic E-state index is 9.70. The molecule has 0 aliphatic heterocycles. The smallest absolute Gasteiger partial charge is 0.0705 e. The standard InChI is InChI=1S/C11H15Cl2NO/c1-2-14-7-8(15)6-9-10(12)4-3-5-11(9)13/h3-5,8,14-15H,2,6-7H2,1H3. The Morgan fingerprint density at radius 1 is 1.33 bits per heavy atom. The van der Waals surface area contributed by atoms with Gasteiger partial charge in [-0.3, -0.25) is 0 Å². The van der Waals surface area contributed by atoms with Gasteiger partial charge >= 0.3 is 0 Å². The fourth-order valence-electron chi connectivity index (χ4n) is 1.35. The summed E-state index contributed by atoms with van der Waals surface area (Å²) in [7, 11) is 0. The molecule has 0 aliphatic rings. The van der Waals surface area contributed by atoms with Crippen LogP contribution in [0.25, 0.3) is 0 Å². The minimum absolute atomic E-state index is 0.456. The molecule has 2 N–H and O–H groups in total. The van der Waals surface area contributed by atoms with Crippen molar-refractivity contribution in [1.82, 2.24) is 5.32 Å². The molecule has 2 nitrogen and oxygen atoms in total. The summed E-state index contributed by atoms with van der Waals surface area (Å²) in [5, 5.41) is 14.0. The highest BCUT2D eigenvalue weighted by molar-refractivity contribution is 6.35. The number of likely N-dealkylation sites (N-methyl/N-ethyl adjacent to an activating group) is 1. The quantitative estimate of drug-likeness (QED) is 0.839. The van der Waals surface area contributed by atoms with E-state index in [4.69, 9.17) is 23.2 Å². The van der Waals surface area contributed by atoms with E-state index in [1.807, 2.05) is 6.92 Å². The molecule has 1 aromatic carbocycles. The summed E-state index contributed by atoms with van der Waals surface area (Å²) in [4.78, 5) is 0. The molecule has 1 unspecified atom stereocenters. The van der Waals surface area contributed by atoms with Crippen LogP contribution in [0, 0.1) is 0 Å². The lowest BCUT2D eigenvalue weighted by molar-refractivity contribution is 0.173. The second kappa shape index (κ2) is 6.33. The average Bonchev–Trinajstić information content (AvgIpc) is 2.21. The lowest BCUT2D eigenvalue weighted by atomic mass is 10.1. The average molecular weight is 248 g/mol. The van der Waals surface area contributed by atoms with E-state index in [9.17, 15) is 5.11 Å². The maximum atomic E-state index is 9.70. The van der Waals surface area contributed by atoms with Crippen LogP contribution in [0.1, 0.15) is 12.5 Å². The number of halogens is 2. The monoisotopic (exact) mass is 247 g/mol. The lowest BCUT2D eigenvalue weighted by Gasteiger charge is -2.13. The van der Waals surface area contributed by atoms with Crippen LogP contribution < -0.4 is 5.32 Å². The van der Waals surface area contributed by atoms with Gasteiger partial charge in [-0.2, -0.15) is 0 Å². The van der Waals surface area contributed by atoms with Crippen molar-refractivity contribution in [3.05, 3.63) is 33.8 Å². The Labute approximate surface area is 100 Å². The molecule has 4 heteroatoms. The Balaban J connectivity index is 2.63. The van der Waals surface area contributed by atoms with Gasteiger partial charge in [-0.1, -0.05) is 36.2 Å². The molecule has 1 atom stereocenters. The zero-order valence-corrected chi connectivity index (χ0v) is 10.1. The molecule has 0 radical (unpaired) electrons. The predicted octanol–water partition coefficient (Wildman–Crippen LogP) is 2.51. The van der Waals surface area contributed by atoms with E-state index in [1.54, 1.807) is 18.2 Å². The molecule has 0 spiro atoms. The van der Waals surface area contributed by atoms with Gasteiger partial charge in [-0.15, -0.1) is 0 Å². The Morgan fingerprint density at radius 2 is 1.93 bits per heavy atom. The summed E-state index contributed by atoms with van der Waals surface area (Å²) in [6.45, 7) is 3.39. The van der Waals surface area contributed by atoms with Crippen LogP contribution in [0.15, 0.2) is 18.2 Å². The van der Waals surface area contributed by atoms with E-state index in [0.717, 1.165) is 12.1 Å². The van der Waals surface area contributed by atoms with Gasteiger partial charge in [0, 0.05) is 23.0 Å². The van der Waals surface area contributed by atoms with Gasteiger partial charge < -0.3 is 10.4 Å². The molecule has 0 heterocycles. The minimum Gasteiger partial charge on any atom is -0.391 e. The molecular weight excluding hydrogens is 233 g/mol. The van der Waals surface area contributed by atoms with Crippen molar-refractivity contribution in [2.45, 2.75) is 19.4 Å². The molecular formula is C11H15Cl2NO. The number of hydrogen-bond donors (Lipinski definition) is 2. The van der Waals surface area contributed by atoms with Gasteiger partial charge in [0.2, 0.25) is 0 Å². The largest absolute Gasteiger partial charge is 0.391 e. The van der Waals surface area contributed by atoms with Gasteiger partial charge in [-0.25, -0.2) is 0 Å². The van der Waals surface area contributed by atoms with E-state index in [2.05, 4.69) is 5.32 Å². The van der Waals surface area contributed by atoms with Crippen LogP contribution in [0.5, 0.6) is 0 Å². The van der Waals surface area contributed by atoms with E-state index in [-0.39, 0.29) is 0 Å². The van der Waals surface area contributed by atoms with Crippen molar-refractivity contribution in [2.75, 3.05) is 13.1 Å². The van der Waals surface area contributed by atoms with Crippen LogP contribution in [0.3, 0.4) is 0 Å². The Hall–Kier alpha value is -0.280. The van der Waals surface area contributed by atoms with Crippen molar-refractivity contribution in [1.29, 1.82) is 0 Å². The molecule has 1 rings (SSSR count). The second-order valence-electron chi connectivity index (χ2n) is 3.37. The molecule has 0 bridgehead atoms. The highest BCUT2D eigenvalue weighted by Crippen LogP contribution is 2.25. The maximum Gasteiger partial charge on any atom is 0.0705 e. The normalized spacial score (nSPS) is 12.8. The van der Waals surface area contributed by atoms with Crippen molar-refractivity contribution in [3.63, 3.8) is 0 Å². The second-order valence-corrected chi connectivity index (χ2v) is 4.18. The number of rotatable bonds is 5. The van der Waals surface area contributed by atoms with E-state index < -0.39 is 6.10 Å². The first-order valence-corrected chi connectivity index (χ1v) is 5.72. The van der Waals surface area contributed by atoms with E-state index >= 15 is 0 Å². The van der Waals surface area contributed by atoms with Crippen LogP contribution in [0.2, 0.25) is 10.0 Å². The Morgan fingerprint density at radius 3 is 2.47 bits per heavy atom. The van der Waals surface area contributed by atoms with Gasteiger partial charge in [0.15, 0.2) is 0 Å². The molecule has 0 amide bonds. The van der Waals surface area contributed by atoms with Crippen LogP contribution in [-0.4, -0.2) is 24.3 Å². The van der Waals surface area contributed by atoms with Gasteiger partial charge in [0.05, 0.1) is 6.10 Å². The molecule has 0 fully saturated rings. The summed E-state index contributed by atoms with van der Waals surface area (Å²) >= 11 is 12.0. The van der Waals surface area contributed by atoms with Gasteiger partial charge in [0.25, 0.3) is 0 Å². The van der Waals surface area contributed by atoms with Crippen LogP contribution in [-0.2, 0) is 6.42 Å². The van der Waals surface area contributed by atoms with Crippen molar-refractivity contribution in [2.24, 2.45) is 0 Å². The fraction of sp³-hybridized carbons (Fsp3) is 0.455. The van der Waals surface area contributed by atoms with Crippen LogP contribution in [0.4, 0.5) is 0 Å². The van der Waals surface area contributed by atoms with E-state index in [1.165, 1.54) is 0 Å². The van der Waals surface area contributed by atoms with Crippen molar-refractivity contribution < 1.29 is 5.11 Å². The zero-order chi connectivity index (χ0) is 11.3. The van der Waals surface area contributed by atoms with Gasteiger partial charge in [0.1, 0.15) is 0 Å². The topological polar surface area (TPSA) is 32.3 Å². The Kier molecular flexibility index (Phi) is 5.40. The van der Waals surface area contributed by atoms with Crippen molar-refractivity contribution in [3.8, 4) is 0 Å². The summed E-state index contributed by atoms with van der Waals surface area (Å²) in [6.07, 6.45) is 0.0215. The summed E-state index contributed by atoms with van der Waals surface area (Å²) in [5.74, 6) is 0. The molecule has 0 saturated carbocycles. The lowest BCUT2D eigenvalue weighted by Crippen LogP contribution is -2.28. The molecule has 15 heavy (non-hydrogen) atoms. The SMILES string of the molecule is CCNCC(O)Cc1c(Cl)cccc1Cl. The molecule has 0 aromatic heterocycles. The third-order valence-corrected chi connectivity index (χ3v) is 2.84. The first kappa shape index (κ1) is 12.8. The summed E-state index contributed by atoms with van der Waals surface area (Å²) < 4.78 is 0. The third kappa shape index (κ3) is 3.99. The van der Waals surface area contributed by atoms with Crippen LogP contribution >= 0.6 is 23.2 Å². The number of aliphatic hydroxyl groups excluding tert-OH is 1. The molecule has 84 valence electrons. The van der Waals surface area contributed by atoms with Gasteiger partial charge in [-0.05, 0) is 24.2 Å². The number of aliphatic hydroxyl groups is 1. The third-order valence-electron chi connectivity index (χ3n) is 2.13. The molecule has 0 saturated heterocycles. The highest BCUT2D eigenvalue weighted by atomic mass is 35.5. The Bertz CT molecular complexity index is 297. The number of nitrogens with one attached hydrogen (secondary N) is 1. The predicted molar refractivity (Wildman–Crippen MR) is 64.7 cm³/mol. The number of benzene rings is 1.